The lowest BCUT2D eigenvalue weighted by Gasteiger charge is -2.05. The van der Waals surface area contributed by atoms with Crippen LogP contribution in [-0.4, -0.2) is 11.7 Å². The normalized spacial score (nSPS) is 9.79. The van der Waals surface area contributed by atoms with E-state index in [4.69, 9.17) is 9.84 Å². The minimum Gasteiger partial charge on any atom is -0.488 e. The van der Waals surface area contributed by atoms with E-state index < -0.39 is 0 Å². The Balaban J connectivity index is 1.92. The fourth-order valence-electron chi connectivity index (χ4n) is 1.64. The summed E-state index contributed by atoms with van der Waals surface area (Å²) in [5, 5.41) is 10.6. The van der Waals surface area contributed by atoms with Crippen LogP contribution in [0.25, 0.3) is 0 Å². The van der Waals surface area contributed by atoms with E-state index in [-0.39, 0.29) is 6.61 Å². The lowest BCUT2D eigenvalue weighted by molar-refractivity contribution is 0.309. The average molecular weight is 272 g/mol. The fourth-order valence-corrected chi connectivity index (χ4v) is 2.37. The second-order valence-electron chi connectivity index (χ2n) is 4.05. The number of aryl methyl sites for hydroxylation is 1. The van der Waals surface area contributed by atoms with Crippen LogP contribution in [0.5, 0.6) is 5.75 Å². The van der Waals surface area contributed by atoms with Gasteiger partial charge >= 0.3 is 0 Å². The maximum atomic E-state index is 8.63. The summed E-state index contributed by atoms with van der Waals surface area (Å²) in [6.45, 7) is 2.58. The molecule has 19 heavy (non-hydrogen) atoms. The Bertz CT molecular complexity index is 573. The number of aliphatic hydroxyl groups excluding tert-OH is 1. The summed E-state index contributed by atoms with van der Waals surface area (Å²) in [6, 6.07) is 10.2. The number of ether oxygens (including phenoxy) is 1. The lowest BCUT2D eigenvalue weighted by atomic mass is 10.2. The van der Waals surface area contributed by atoms with E-state index in [1.807, 2.05) is 23.6 Å². The van der Waals surface area contributed by atoms with Crippen molar-refractivity contribution >= 4 is 11.3 Å². The Kier molecular flexibility index (Phi) is 5.02. The molecule has 0 atom stereocenters. The molecule has 0 amide bonds. The third-order valence-electron chi connectivity index (χ3n) is 2.68. The van der Waals surface area contributed by atoms with E-state index in [1.165, 1.54) is 5.56 Å². The number of thiophene rings is 1. The van der Waals surface area contributed by atoms with Crippen LogP contribution >= 0.6 is 11.3 Å². The third-order valence-corrected chi connectivity index (χ3v) is 3.59. The molecule has 0 saturated carbocycles. The molecule has 1 aromatic carbocycles. The van der Waals surface area contributed by atoms with Crippen LogP contribution in [0.2, 0.25) is 0 Å². The molecule has 0 fully saturated rings. The number of benzene rings is 1. The van der Waals surface area contributed by atoms with E-state index in [2.05, 4.69) is 30.9 Å². The summed E-state index contributed by atoms with van der Waals surface area (Å²) in [5.74, 6) is 6.40. The van der Waals surface area contributed by atoms with Crippen LogP contribution in [0.4, 0.5) is 0 Å². The standard InChI is InChI=1S/C16H16O2S/c1-2-13-5-7-15(8-6-13)18-11-16-10-14(12-19-16)4-3-9-17/h5-8,10,12,17H,2,9,11H2,1H3. The number of hydrogen-bond acceptors (Lipinski definition) is 3. The molecule has 3 heteroatoms. The van der Waals surface area contributed by atoms with Gasteiger partial charge in [0.15, 0.2) is 0 Å². The summed E-state index contributed by atoms with van der Waals surface area (Å²) < 4.78 is 5.72. The summed E-state index contributed by atoms with van der Waals surface area (Å²) in [6.07, 6.45) is 1.04. The molecule has 0 radical (unpaired) electrons. The Hall–Kier alpha value is -1.76. The quantitative estimate of drug-likeness (QED) is 0.866. The summed E-state index contributed by atoms with van der Waals surface area (Å²) >= 11 is 1.62. The first-order valence-corrected chi connectivity index (χ1v) is 7.08. The Morgan fingerprint density at radius 1 is 1.26 bits per heavy atom. The van der Waals surface area contributed by atoms with Crippen molar-refractivity contribution in [2.24, 2.45) is 0 Å². The highest BCUT2D eigenvalue weighted by atomic mass is 32.1. The van der Waals surface area contributed by atoms with Crippen molar-refractivity contribution in [2.75, 3.05) is 6.61 Å². The molecule has 2 rings (SSSR count). The zero-order valence-corrected chi connectivity index (χ0v) is 11.7. The number of hydrogen-bond donors (Lipinski definition) is 1. The lowest BCUT2D eigenvalue weighted by Crippen LogP contribution is -1.92. The molecule has 0 aliphatic carbocycles. The molecule has 1 N–H and O–H groups in total. The molecule has 0 aliphatic rings. The van der Waals surface area contributed by atoms with Gasteiger partial charge in [0, 0.05) is 15.8 Å². The van der Waals surface area contributed by atoms with Gasteiger partial charge in [0.25, 0.3) is 0 Å². The zero-order chi connectivity index (χ0) is 13.5. The smallest absolute Gasteiger partial charge is 0.122 e. The van der Waals surface area contributed by atoms with Crippen molar-refractivity contribution in [1.29, 1.82) is 0 Å². The molecule has 2 aromatic rings. The van der Waals surface area contributed by atoms with E-state index in [1.54, 1.807) is 11.3 Å². The van der Waals surface area contributed by atoms with Gasteiger partial charge in [-0.05, 0) is 30.2 Å². The predicted molar refractivity (Wildman–Crippen MR) is 78.4 cm³/mol. The van der Waals surface area contributed by atoms with Crippen LogP contribution < -0.4 is 4.74 Å². The fraction of sp³-hybridized carbons (Fsp3) is 0.250. The Labute approximate surface area is 117 Å². The molecular formula is C16H16O2S. The molecule has 1 aromatic heterocycles. The maximum Gasteiger partial charge on any atom is 0.122 e. The maximum absolute atomic E-state index is 8.63. The highest BCUT2D eigenvalue weighted by Gasteiger charge is 2.00. The SMILES string of the molecule is CCc1ccc(OCc2cc(C#CCO)cs2)cc1. The summed E-state index contributed by atoms with van der Waals surface area (Å²) in [7, 11) is 0. The van der Waals surface area contributed by atoms with Gasteiger partial charge in [-0.1, -0.05) is 30.9 Å². The molecule has 0 bridgehead atoms. The monoisotopic (exact) mass is 272 g/mol. The van der Waals surface area contributed by atoms with Crippen LogP contribution in [0, 0.1) is 11.8 Å². The van der Waals surface area contributed by atoms with Gasteiger partial charge in [-0.3, -0.25) is 0 Å². The summed E-state index contributed by atoms with van der Waals surface area (Å²) in [5.41, 5.74) is 2.24. The van der Waals surface area contributed by atoms with Crippen molar-refractivity contribution in [2.45, 2.75) is 20.0 Å². The predicted octanol–water partition coefficient (Wildman–Crippen LogP) is 3.23. The van der Waals surface area contributed by atoms with E-state index in [0.717, 1.165) is 22.6 Å². The van der Waals surface area contributed by atoms with Crippen molar-refractivity contribution in [3.05, 3.63) is 51.7 Å². The van der Waals surface area contributed by atoms with Crippen LogP contribution in [0.15, 0.2) is 35.7 Å². The molecule has 0 aliphatic heterocycles. The van der Waals surface area contributed by atoms with Gasteiger partial charge < -0.3 is 9.84 Å². The molecule has 0 saturated heterocycles. The third kappa shape index (κ3) is 4.13. The van der Waals surface area contributed by atoms with Crippen molar-refractivity contribution in [3.63, 3.8) is 0 Å². The Morgan fingerprint density at radius 3 is 2.74 bits per heavy atom. The highest BCUT2D eigenvalue weighted by Crippen LogP contribution is 2.18. The van der Waals surface area contributed by atoms with Gasteiger partial charge in [0.1, 0.15) is 19.0 Å². The Morgan fingerprint density at radius 2 is 2.05 bits per heavy atom. The van der Waals surface area contributed by atoms with Crippen LogP contribution in [0.3, 0.4) is 0 Å². The first-order valence-electron chi connectivity index (χ1n) is 6.20. The largest absolute Gasteiger partial charge is 0.488 e. The van der Waals surface area contributed by atoms with Crippen molar-refractivity contribution < 1.29 is 9.84 Å². The molecule has 0 spiro atoms. The minimum absolute atomic E-state index is 0.106. The number of aliphatic hydroxyl groups is 1. The molecule has 0 unspecified atom stereocenters. The summed E-state index contributed by atoms with van der Waals surface area (Å²) in [4.78, 5) is 1.13. The van der Waals surface area contributed by atoms with Crippen molar-refractivity contribution in [1.82, 2.24) is 0 Å². The van der Waals surface area contributed by atoms with Gasteiger partial charge in [0.2, 0.25) is 0 Å². The molecule has 1 heterocycles. The topological polar surface area (TPSA) is 29.5 Å². The van der Waals surface area contributed by atoms with Gasteiger partial charge in [-0.15, -0.1) is 11.3 Å². The van der Waals surface area contributed by atoms with Crippen molar-refractivity contribution in [3.8, 4) is 17.6 Å². The average Bonchev–Trinajstić information content (AvgIpc) is 2.91. The van der Waals surface area contributed by atoms with Gasteiger partial charge in [-0.25, -0.2) is 0 Å². The highest BCUT2D eigenvalue weighted by molar-refractivity contribution is 7.10. The van der Waals surface area contributed by atoms with E-state index in [0.29, 0.717) is 6.61 Å². The van der Waals surface area contributed by atoms with E-state index in [9.17, 15) is 0 Å². The van der Waals surface area contributed by atoms with Crippen LogP contribution in [0.1, 0.15) is 22.9 Å². The second kappa shape index (κ2) is 6.98. The van der Waals surface area contributed by atoms with E-state index >= 15 is 0 Å². The number of rotatable bonds is 4. The molecule has 2 nitrogen and oxygen atoms in total. The second-order valence-corrected chi connectivity index (χ2v) is 5.04. The van der Waals surface area contributed by atoms with Gasteiger partial charge in [-0.2, -0.15) is 0 Å². The first kappa shape index (κ1) is 13.7. The molecule has 98 valence electrons. The van der Waals surface area contributed by atoms with Gasteiger partial charge in [0.05, 0.1) is 0 Å². The minimum atomic E-state index is -0.106. The van der Waals surface area contributed by atoms with Crippen LogP contribution in [-0.2, 0) is 13.0 Å². The zero-order valence-electron chi connectivity index (χ0n) is 10.8. The molecular weight excluding hydrogens is 256 g/mol. The first-order chi connectivity index (χ1) is 9.31.